The van der Waals surface area contributed by atoms with Crippen molar-refractivity contribution in [2.45, 2.75) is 41.8 Å². The van der Waals surface area contributed by atoms with Crippen molar-refractivity contribution in [3.63, 3.8) is 0 Å². The Bertz CT molecular complexity index is 1420. The summed E-state index contributed by atoms with van der Waals surface area (Å²) in [5, 5.41) is 9.92. The topological polar surface area (TPSA) is 81.2 Å². The van der Waals surface area contributed by atoms with Gasteiger partial charge in [-0.2, -0.15) is 0 Å². The molecule has 1 N–H and O–H groups in total. The molecule has 1 unspecified atom stereocenters. The third-order valence-corrected chi connectivity index (χ3v) is 10.9. The van der Waals surface area contributed by atoms with Crippen LogP contribution in [0.25, 0.3) is 0 Å². The van der Waals surface area contributed by atoms with E-state index in [-0.39, 0.29) is 24.3 Å². The fourth-order valence-electron chi connectivity index (χ4n) is 7.04. The molecule has 2 aromatic carbocycles. The number of rotatable bonds is 7. The van der Waals surface area contributed by atoms with Crippen LogP contribution >= 0.6 is 23.4 Å². The molecule has 6 rings (SSSR count). The number of hydrogen-bond acceptors (Lipinski definition) is 5. The number of nitrogens with zero attached hydrogens (tertiary/aromatic N) is 3. The van der Waals surface area contributed by atoms with Crippen molar-refractivity contribution in [1.82, 2.24) is 9.80 Å². The van der Waals surface area contributed by atoms with E-state index in [1.54, 1.807) is 27.6 Å². The number of anilines is 1. The van der Waals surface area contributed by atoms with Gasteiger partial charge >= 0.3 is 0 Å². The van der Waals surface area contributed by atoms with Crippen molar-refractivity contribution < 1.29 is 19.5 Å². The van der Waals surface area contributed by atoms with Crippen LogP contribution in [0.4, 0.5) is 5.69 Å². The van der Waals surface area contributed by atoms with Gasteiger partial charge in [0.25, 0.3) is 5.91 Å². The van der Waals surface area contributed by atoms with Crippen molar-refractivity contribution in [2.24, 2.45) is 11.8 Å². The zero-order valence-electron chi connectivity index (χ0n) is 23.0. The molecule has 2 fully saturated rings. The molecule has 0 aromatic heterocycles. The third-order valence-electron chi connectivity index (χ3n) is 8.81. The number of halogens is 1. The number of unbranched alkanes of at least 4 members (excludes halogenated alkanes) is 1. The van der Waals surface area contributed by atoms with Crippen molar-refractivity contribution >= 4 is 46.8 Å². The number of benzene rings is 2. The summed E-state index contributed by atoms with van der Waals surface area (Å²) in [6.45, 7) is 3.61. The Kier molecular flexibility index (Phi) is 7.51. The van der Waals surface area contributed by atoms with Gasteiger partial charge in [-0.3, -0.25) is 14.4 Å². The van der Waals surface area contributed by atoms with Gasteiger partial charge in [0.1, 0.15) is 6.04 Å². The molecule has 4 aliphatic rings. The molecule has 0 aliphatic carbocycles. The molecule has 0 radical (unpaired) electrons. The number of aliphatic hydroxyl groups is 1. The first-order valence-electron chi connectivity index (χ1n) is 14.2. The highest BCUT2D eigenvalue weighted by Crippen LogP contribution is 2.65. The smallest absolute Gasteiger partial charge is 0.251 e. The quantitative estimate of drug-likeness (QED) is 0.384. The van der Waals surface area contributed by atoms with E-state index in [1.165, 1.54) is 0 Å². The Morgan fingerprint density at radius 1 is 0.902 bits per heavy atom. The van der Waals surface area contributed by atoms with Crippen molar-refractivity contribution in [2.75, 3.05) is 31.1 Å². The molecule has 5 atom stereocenters. The van der Waals surface area contributed by atoms with E-state index in [4.69, 9.17) is 11.6 Å². The monoisotopic (exact) mass is 591 g/mol. The normalized spacial score (nSPS) is 30.8. The third kappa shape index (κ3) is 4.60. The number of amides is 3. The van der Waals surface area contributed by atoms with E-state index < -0.39 is 27.4 Å². The lowest BCUT2D eigenvalue weighted by Crippen LogP contribution is -2.53. The first-order chi connectivity index (χ1) is 19.8. The van der Waals surface area contributed by atoms with Gasteiger partial charge < -0.3 is 19.8 Å². The molecule has 0 saturated carbocycles. The first-order valence-corrected chi connectivity index (χ1v) is 15.4. The van der Waals surface area contributed by atoms with E-state index >= 15 is 0 Å². The number of thioether (sulfide) groups is 1. The van der Waals surface area contributed by atoms with Crippen LogP contribution in [0, 0.1) is 11.8 Å². The fourth-order valence-corrected chi connectivity index (χ4v) is 9.43. The molecule has 3 amide bonds. The van der Waals surface area contributed by atoms with Gasteiger partial charge in [0.2, 0.25) is 11.8 Å². The van der Waals surface area contributed by atoms with E-state index in [2.05, 4.69) is 6.08 Å². The van der Waals surface area contributed by atoms with Gasteiger partial charge in [0.05, 0.1) is 27.3 Å². The Morgan fingerprint density at radius 3 is 2.39 bits per heavy atom. The maximum atomic E-state index is 14.5. The largest absolute Gasteiger partial charge is 0.396 e. The summed E-state index contributed by atoms with van der Waals surface area (Å²) in [6.07, 6.45) is 9.17. The molecule has 4 aliphatic heterocycles. The second-order valence-electron chi connectivity index (χ2n) is 11.4. The molecule has 1 spiro atoms. The van der Waals surface area contributed by atoms with Crippen molar-refractivity contribution in [3.8, 4) is 0 Å². The lowest BCUT2D eigenvalue weighted by molar-refractivity contribution is -0.144. The Morgan fingerprint density at radius 2 is 1.63 bits per heavy atom. The number of hydrogen-bond donors (Lipinski definition) is 1. The number of carbonyl (C=O) groups excluding carboxylic acids is 3. The summed E-state index contributed by atoms with van der Waals surface area (Å²) in [6, 6.07) is 16.3. The molecule has 7 nitrogen and oxygen atoms in total. The van der Waals surface area contributed by atoms with Crippen LogP contribution in [0.3, 0.4) is 0 Å². The standard InChI is InChI=1S/C32H34ClN3O4S/c1-31-15-9-17-34(21-22-11-3-2-4-12-22)28(38)25(31)26-29(39)36(18-7-8-20-37)27-30(40)35(19-10-16-32(26,27)41-31)24-14-6-5-13-23(24)33/h2-6,9-16,25-27,37H,7-8,17-21H2,1H3/t25-,26-,27?,31+,32-/m0/s1. The molecular weight excluding hydrogens is 558 g/mol. The van der Waals surface area contributed by atoms with Crippen molar-refractivity contribution in [3.05, 3.63) is 89.5 Å². The summed E-state index contributed by atoms with van der Waals surface area (Å²) in [4.78, 5) is 48.5. The zero-order valence-corrected chi connectivity index (χ0v) is 24.6. The minimum Gasteiger partial charge on any atom is -0.396 e. The molecule has 4 heterocycles. The Hall–Kier alpha value is -3.07. The molecule has 2 aromatic rings. The minimum absolute atomic E-state index is 0.00797. The average molecular weight is 592 g/mol. The first kappa shape index (κ1) is 28.1. The van der Waals surface area contributed by atoms with E-state index in [0.29, 0.717) is 49.7 Å². The summed E-state index contributed by atoms with van der Waals surface area (Å²) in [7, 11) is 0. The molecule has 214 valence electrons. The number of para-hydroxylation sites is 1. The van der Waals surface area contributed by atoms with Gasteiger partial charge in [-0.25, -0.2) is 0 Å². The Balaban J connectivity index is 1.43. The maximum absolute atomic E-state index is 14.5. The lowest BCUT2D eigenvalue weighted by Gasteiger charge is -2.37. The fraction of sp³-hybridized carbons (Fsp3) is 0.406. The highest BCUT2D eigenvalue weighted by molar-refractivity contribution is 8.02. The Labute approximate surface area is 249 Å². The summed E-state index contributed by atoms with van der Waals surface area (Å²) >= 11 is 8.12. The maximum Gasteiger partial charge on any atom is 0.251 e. The predicted octanol–water partition coefficient (Wildman–Crippen LogP) is 4.30. The molecule has 41 heavy (non-hydrogen) atoms. The van der Waals surface area contributed by atoms with Gasteiger partial charge in [-0.15, -0.1) is 11.8 Å². The average Bonchev–Trinajstić information content (AvgIpc) is 3.23. The number of likely N-dealkylation sites (tertiary alicyclic amines) is 1. The second kappa shape index (κ2) is 11.0. The van der Waals surface area contributed by atoms with Crippen molar-refractivity contribution in [1.29, 1.82) is 0 Å². The molecule has 9 heteroatoms. The minimum atomic E-state index is -0.918. The van der Waals surface area contributed by atoms with E-state index in [9.17, 15) is 19.5 Å². The van der Waals surface area contributed by atoms with Gasteiger partial charge in [0.15, 0.2) is 0 Å². The zero-order chi connectivity index (χ0) is 28.8. The van der Waals surface area contributed by atoms with Crippen LogP contribution in [0.1, 0.15) is 25.3 Å². The number of fused-ring (bicyclic) bond motifs is 2. The van der Waals surface area contributed by atoms with Crippen LogP contribution in [-0.2, 0) is 20.9 Å². The summed E-state index contributed by atoms with van der Waals surface area (Å²) in [5.41, 5.74) is 1.62. The van der Waals surface area contributed by atoms with E-state index in [0.717, 1.165) is 5.56 Å². The highest BCUT2D eigenvalue weighted by atomic mass is 35.5. The predicted molar refractivity (Wildman–Crippen MR) is 161 cm³/mol. The SMILES string of the molecule is C[C@@]12C=CCN(Cc3ccccc3)C(=O)[C@@H]1[C@H]1C(=O)N(CCCCO)C3C(=O)N(c4ccccc4Cl)CC=C[C@@]31S2. The van der Waals surface area contributed by atoms with Crippen LogP contribution in [0.2, 0.25) is 5.02 Å². The lowest BCUT2D eigenvalue weighted by atomic mass is 9.74. The number of aliphatic hydroxyl groups excluding tert-OH is 1. The van der Waals surface area contributed by atoms with Gasteiger partial charge in [-0.05, 0) is 37.5 Å². The van der Waals surface area contributed by atoms with Crippen LogP contribution in [0.5, 0.6) is 0 Å². The van der Waals surface area contributed by atoms with Crippen LogP contribution in [-0.4, -0.2) is 74.4 Å². The van der Waals surface area contributed by atoms with Gasteiger partial charge in [0, 0.05) is 37.5 Å². The van der Waals surface area contributed by atoms with Crippen LogP contribution < -0.4 is 4.90 Å². The van der Waals surface area contributed by atoms with E-state index in [1.807, 2.05) is 78.6 Å². The van der Waals surface area contributed by atoms with Crippen LogP contribution in [0.15, 0.2) is 78.9 Å². The van der Waals surface area contributed by atoms with Gasteiger partial charge in [-0.1, -0.05) is 78.4 Å². The molecule has 2 saturated heterocycles. The highest BCUT2D eigenvalue weighted by Gasteiger charge is 2.73. The second-order valence-corrected chi connectivity index (χ2v) is 13.6. The summed E-state index contributed by atoms with van der Waals surface area (Å²) in [5.74, 6) is -1.76. The summed E-state index contributed by atoms with van der Waals surface area (Å²) < 4.78 is -1.58. The molecule has 0 bridgehead atoms. The molecular formula is C32H34ClN3O4S. The number of carbonyl (C=O) groups is 3.